The van der Waals surface area contributed by atoms with Gasteiger partial charge in [-0.25, -0.2) is 8.42 Å². The van der Waals surface area contributed by atoms with Gasteiger partial charge in [0, 0.05) is 37.7 Å². The van der Waals surface area contributed by atoms with E-state index in [2.05, 4.69) is 20.2 Å². The van der Waals surface area contributed by atoms with Gasteiger partial charge in [-0.2, -0.15) is 22.6 Å². The Balaban J connectivity index is 1.80. The summed E-state index contributed by atoms with van der Waals surface area (Å²) < 4.78 is 68.0. The van der Waals surface area contributed by atoms with Crippen LogP contribution < -0.4 is 5.73 Å². The van der Waals surface area contributed by atoms with Crippen molar-refractivity contribution in [3.63, 3.8) is 0 Å². The van der Waals surface area contributed by atoms with Gasteiger partial charge in [-0.15, -0.1) is 0 Å². The number of pyridine rings is 1. The minimum atomic E-state index is -4.59. The second-order valence-corrected chi connectivity index (χ2v) is 11.6. The van der Waals surface area contributed by atoms with E-state index in [1.54, 1.807) is 20.0 Å². The molecule has 2 aromatic rings. The summed E-state index contributed by atoms with van der Waals surface area (Å²) in [6.45, 7) is 3.47. The molecule has 0 saturated heterocycles. The minimum absolute atomic E-state index is 0.115. The largest absolute Gasteiger partial charge is 0.417 e. The van der Waals surface area contributed by atoms with E-state index < -0.39 is 45.0 Å². The van der Waals surface area contributed by atoms with E-state index in [0.717, 1.165) is 35.2 Å². The summed E-state index contributed by atoms with van der Waals surface area (Å²) in [7, 11) is -2.63. The number of fused-ring (bicyclic) bond motifs is 2. The summed E-state index contributed by atoms with van der Waals surface area (Å²) in [5.74, 6) is -0.458. The number of hydrogen-bond acceptors (Lipinski definition) is 7. The number of hydrogen-bond donors (Lipinski definition) is 2. The van der Waals surface area contributed by atoms with Crippen LogP contribution in [0.25, 0.3) is 6.08 Å². The number of carbonyl (C=O) groups excluding carboxylic acids is 1. The maximum absolute atomic E-state index is 14.1. The summed E-state index contributed by atoms with van der Waals surface area (Å²) in [6, 6.07) is 0.847. The van der Waals surface area contributed by atoms with Crippen LogP contribution >= 0.6 is 0 Å². The number of nitrogens with one attached hydrogen (secondary N) is 1. The Kier molecular flexibility index (Phi) is 7.36. The maximum atomic E-state index is 14.1. The number of H-pyrrole nitrogens is 1. The van der Waals surface area contributed by atoms with Gasteiger partial charge in [-0.3, -0.25) is 19.9 Å². The van der Waals surface area contributed by atoms with E-state index >= 15 is 0 Å². The Labute approximate surface area is 218 Å². The molecule has 2 atom stereocenters. The van der Waals surface area contributed by atoms with Gasteiger partial charge in [0.15, 0.2) is 5.78 Å². The molecule has 0 radical (unpaired) electrons. The molecule has 13 heteroatoms. The van der Waals surface area contributed by atoms with Crippen molar-refractivity contribution < 1.29 is 26.4 Å². The highest BCUT2D eigenvalue weighted by molar-refractivity contribution is 7.93. The lowest BCUT2D eigenvalue weighted by Crippen LogP contribution is -2.53. The first kappa shape index (κ1) is 27.7. The first-order chi connectivity index (χ1) is 17.8. The average Bonchev–Trinajstić information content (AvgIpc) is 3.31. The summed E-state index contributed by atoms with van der Waals surface area (Å²) in [6.07, 6.45) is 2.81. The van der Waals surface area contributed by atoms with Crippen molar-refractivity contribution >= 4 is 28.1 Å². The van der Waals surface area contributed by atoms with Crippen LogP contribution in [0.5, 0.6) is 0 Å². The number of halogens is 3. The van der Waals surface area contributed by atoms with Crippen molar-refractivity contribution in [2.75, 3.05) is 7.05 Å². The molecule has 0 spiro atoms. The number of allylic oxidation sites excluding steroid dienone is 2. The molecule has 1 fully saturated rings. The van der Waals surface area contributed by atoms with Crippen molar-refractivity contribution in [1.29, 1.82) is 0 Å². The Hall–Kier alpha value is -3.32. The number of aliphatic imine (C=N–C) groups is 1. The van der Waals surface area contributed by atoms with Crippen LogP contribution in [0.3, 0.4) is 0 Å². The molecule has 0 aliphatic heterocycles. The molecule has 0 unspecified atom stereocenters. The van der Waals surface area contributed by atoms with E-state index in [1.165, 1.54) is 17.6 Å². The normalized spacial score (nSPS) is 22.5. The zero-order valence-electron chi connectivity index (χ0n) is 21.2. The zero-order valence-corrected chi connectivity index (χ0v) is 22.0. The van der Waals surface area contributed by atoms with Gasteiger partial charge in [0.25, 0.3) is 0 Å². The SMILES string of the molecule is CN=CC(=CN)S(=O)(=O)N(C(C)C)[C@H]1CCC2=Cc3[nH]ncc3C[C@]2(C(=O)c2ccc(C(F)(F)F)cn2)C1. The molecule has 2 heterocycles. The van der Waals surface area contributed by atoms with E-state index in [4.69, 9.17) is 5.73 Å². The van der Waals surface area contributed by atoms with Gasteiger partial charge in [0.1, 0.15) is 10.6 Å². The molecule has 0 amide bonds. The molecular formula is C25H29F3N6O3S. The smallest absolute Gasteiger partial charge is 0.403 e. The molecule has 2 aromatic heterocycles. The lowest BCUT2D eigenvalue weighted by atomic mass is 9.60. The van der Waals surface area contributed by atoms with E-state index in [9.17, 15) is 26.4 Å². The third-order valence-electron chi connectivity index (χ3n) is 7.13. The predicted molar refractivity (Wildman–Crippen MR) is 136 cm³/mol. The molecule has 4 rings (SSSR count). The van der Waals surface area contributed by atoms with Crippen molar-refractivity contribution in [3.05, 3.63) is 63.7 Å². The van der Waals surface area contributed by atoms with Crippen molar-refractivity contribution in [2.45, 2.75) is 57.8 Å². The molecule has 2 aliphatic carbocycles. The second kappa shape index (κ2) is 10.1. The van der Waals surface area contributed by atoms with Gasteiger partial charge < -0.3 is 5.73 Å². The number of aromatic nitrogens is 3. The van der Waals surface area contributed by atoms with Gasteiger partial charge in [-0.05, 0) is 63.3 Å². The highest BCUT2D eigenvalue weighted by Gasteiger charge is 2.52. The first-order valence-electron chi connectivity index (χ1n) is 12.0. The van der Waals surface area contributed by atoms with Crippen LogP contribution in [-0.2, 0) is 22.6 Å². The number of carbonyl (C=O) groups is 1. The van der Waals surface area contributed by atoms with Gasteiger partial charge in [-0.1, -0.05) is 5.57 Å². The number of sulfonamides is 1. The molecule has 9 nitrogen and oxygen atoms in total. The third kappa shape index (κ3) is 4.80. The number of aromatic amines is 1. The van der Waals surface area contributed by atoms with E-state index in [-0.39, 0.29) is 23.4 Å². The summed E-state index contributed by atoms with van der Waals surface area (Å²) >= 11 is 0. The number of ketones is 1. The Morgan fingerprint density at radius 1 is 1.32 bits per heavy atom. The molecule has 3 N–H and O–H groups in total. The molecule has 38 heavy (non-hydrogen) atoms. The van der Waals surface area contributed by atoms with Crippen molar-refractivity contribution in [1.82, 2.24) is 19.5 Å². The highest BCUT2D eigenvalue weighted by Crippen LogP contribution is 2.51. The molecule has 0 aromatic carbocycles. The van der Waals surface area contributed by atoms with Gasteiger partial charge >= 0.3 is 6.18 Å². The van der Waals surface area contributed by atoms with Crippen LogP contribution in [0, 0.1) is 5.41 Å². The average molecular weight is 551 g/mol. The second-order valence-electron chi connectivity index (χ2n) is 9.78. The predicted octanol–water partition coefficient (Wildman–Crippen LogP) is 3.73. The number of Topliss-reactive ketones (excluding diaryl/α,β-unsaturated/α-hetero) is 1. The molecular weight excluding hydrogens is 521 g/mol. The van der Waals surface area contributed by atoms with E-state index in [1.807, 2.05) is 6.08 Å². The fraction of sp³-hybridized carbons (Fsp3) is 0.440. The number of nitrogens with zero attached hydrogens (tertiary/aromatic N) is 4. The molecule has 2 aliphatic rings. The lowest BCUT2D eigenvalue weighted by Gasteiger charge is -2.47. The minimum Gasteiger partial charge on any atom is -0.403 e. The van der Waals surface area contributed by atoms with Crippen LogP contribution in [0.4, 0.5) is 13.2 Å². The maximum Gasteiger partial charge on any atom is 0.417 e. The summed E-state index contributed by atoms with van der Waals surface area (Å²) in [5.41, 5.74) is 5.63. The van der Waals surface area contributed by atoms with Crippen LogP contribution in [0.1, 0.15) is 60.4 Å². The number of rotatable bonds is 7. The fourth-order valence-corrected chi connectivity index (χ4v) is 7.28. The Morgan fingerprint density at radius 2 is 2.05 bits per heavy atom. The highest BCUT2D eigenvalue weighted by atomic mass is 32.2. The third-order valence-corrected chi connectivity index (χ3v) is 9.24. The quantitative estimate of drug-likeness (QED) is 0.399. The van der Waals surface area contributed by atoms with Crippen LogP contribution in [0.2, 0.25) is 0 Å². The van der Waals surface area contributed by atoms with Gasteiger partial charge in [0.05, 0.1) is 22.9 Å². The fourth-order valence-electron chi connectivity index (χ4n) is 5.50. The monoisotopic (exact) mass is 550 g/mol. The van der Waals surface area contributed by atoms with Crippen molar-refractivity contribution in [3.8, 4) is 0 Å². The molecule has 204 valence electrons. The van der Waals surface area contributed by atoms with Crippen LogP contribution in [-0.4, -0.2) is 59.0 Å². The summed E-state index contributed by atoms with van der Waals surface area (Å²) in [4.78, 5) is 21.6. The summed E-state index contributed by atoms with van der Waals surface area (Å²) in [5, 5.41) is 6.98. The standard InChI is InChI=1S/C25H29F3N6O3S/c1-15(2)34(38(36,37)20(11-29)14-30-3)19-6-4-17-8-22-16(12-32-33-22)9-24(17,10-19)23(35)21-7-5-18(13-31-21)25(26,27)28/h5,7-8,11-15,19H,4,6,9-10,29H2,1-3H3,(H,32,33)/t19-,24-/m0/s1. The van der Waals surface area contributed by atoms with Crippen LogP contribution in [0.15, 0.2) is 46.2 Å². The Bertz CT molecular complexity index is 1410. The molecule has 0 bridgehead atoms. The number of nitrogens with two attached hydrogens (primary N) is 1. The first-order valence-corrected chi connectivity index (χ1v) is 13.5. The zero-order chi connectivity index (χ0) is 27.9. The number of alkyl halides is 3. The molecule has 1 saturated carbocycles. The Morgan fingerprint density at radius 3 is 2.63 bits per heavy atom. The lowest BCUT2D eigenvalue weighted by molar-refractivity contribution is -0.137. The topological polar surface area (TPSA) is 134 Å². The van der Waals surface area contributed by atoms with Gasteiger partial charge in [0.2, 0.25) is 10.0 Å². The van der Waals surface area contributed by atoms with Crippen molar-refractivity contribution in [2.24, 2.45) is 16.1 Å². The van der Waals surface area contributed by atoms with E-state index in [0.29, 0.717) is 19.0 Å².